The molecule has 87 heavy (non-hydrogen) atoms. The number of carbonyl (C=O) groups excluding carboxylic acids is 10. The molecule has 5 aliphatic heterocycles. The van der Waals surface area contributed by atoms with Crippen LogP contribution in [0.25, 0.3) is 21.5 Å². The van der Waals surface area contributed by atoms with Crippen LogP contribution < -0.4 is 0 Å². The third kappa shape index (κ3) is 13.6. The molecule has 16 nitrogen and oxygen atoms in total. The normalized spacial score (nSPS) is 14.8. The molecule has 5 heterocycles. The third-order valence-corrected chi connectivity index (χ3v) is 16.7. The van der Waals surface area contributed by atoms with E-state index in [0.717, 1.165) is 45.4 Å². The standard InChI is InChI=1S/C20H16O3.C12H11BrO3.2C12H11IO3.C12H12O4/c1-20(2,3)15-5-4-11-6-13-9-16-17(19(22)23-18(16)21)10-14(13)7-12(11)8-15;1-12(2,3)6-4-7-9(8(13)5-6)11(15)16-10(7)14;1-12(2,3)8-5-6(13)4-7-9(8)11(15)16-10(7)14;1-12(2,3)6-4-7-9(8(13)5-6)11(15)16-10(7)14;1-12(2,3)8-5-6(13)4-7-9(8)11(15)16-10(7)14/h4-10H,1-3H3;3*4-5H,1-3H3;4-5,13H,1-3H3. The van der Waals surface area contributed by atoms with Gasteiger partial charge in [0.1, 0.15) is 5.75 Å². The number of halogens is 3. The Hall–Kier alpha value is -7.50. The number of esters is 10. The maximum Gasteiger partial charge on any atom is 0.348 e. The number of cyclic esters (lactones) is 10. The number of ether oxygens (including phenoxy) is 5. The molecule has 5 aliphatic rings. The first-order valence-electron chi connectivity index (χ1n) is 27.3. The quantitative estimate of drug-likeness (QED) is 0.0488. The van der Waals surface area contributed by atoms with Crippen molar-refractivity contribution in [2.45, 2.75) is 131 Å². The molecule has 0 saturated heterocycles. The number of aromatic hydroxyl groups is 1. The summed E-state index contributed by atoms with van der Waals surface area (Å²) in [4.78, 5) is 115. The molecule has 0 atom stereocenters. The molecule has 1 N–H and O–H groups in total. The summed E-state index contributed by atoms with van der Waals surface area (Å²) in [7, 11) is 0. The van der Waals surface area contributed by atoms with E-state index in [1.807, 2.05) is 86.6 Å². The van der Waals surface area contributed by atoms with Gasteiger partial charge in [-0.25, -0.2) is 47.9 Å². The molecule has 0 aromatic heterocycles. The lowest BCUT2D eigenvalue weighted by Gasteiger charge is -2.21. The Kier molecular flexibility index (Phi) is 17.7. The van der Waals surface area contributed by atoms with Crippen LogP contribution in [0.3, 0.4) is 0 Å². The van der Waals surface area contributed by atoms with Gasteiger partial charge in [-0.05, 0) is 210 Å². The fourth-order valence-corrected chi connectivity index (χ4v) is 11.9. The van der Waals surface area contributed by atoms with E-state index in [0.29, 0.717) is 54.5 Å². The van der Waals surface area contributed by atoms with Crippen molar-refractivity contribution < 1.29 is 76.7 Å². The predicted molar refractivity (Wildman–Crippen MR) is 344 cm³/mol. The molecule has 0 amide bonds. The Bertz CT molecular complexity index is 4030. The minimum atomic E-state index is -0.693. The Balaban J connectivity index is 0.000000142. The second-order valence-electron chi connectivity index (χ2n) is 26.3. The molecule has 0 aliphatic carbocycles. The van der Waals surface area contributed by atoms with Crippen molar-refractivity contribution in [3.63, 3.8) is 0 Å². The van der Waals surface area contributed by atoms with Gasteiger partial charge in [0.05, 0.1) is 55.6 Å². The molecule has 0 bridgehead atoms. The van der Waals surface area contributed by atoms with Crippen LogP contribution in [0.15, 0.2) is 95.5 Å². The lowest BCUT2D eigenvalue weighted by atomic mass is 9.82. The molecule has 12 rings (SSSR count). The van der Waals surface area contributed by atoms with E-state index in [2.05, 4.69) is 151 Å². The van der Waals surface area contributed by atoms with Crippen LogP contribution in [-0.2, 0) is 50.8 Å². The largest absolute Gasteiger partial charge is 0.508 e. The highest BCUT2D eigenvalue weighted by Gasteiger charge is 2.39. The summed E-state index contributed by atoms with van der Waals surface area (Å²) < 4.78 is 25.4. The van der Waals surface area contributed by atoms with Crippen LogP contribution in [0.5, 0.6) is 5.75 Å². The van der Waals surface area contributed by atoms with Crippen molar-refractivity contribution in [1.29, 1.82) is 0 Å². The minimum absolute atomic E-state index is 0.0321. The summed E-state index contributed by atoms with van der Waals surface area (Å²) in [6.07, 6.45) is 0. The van der Waals surface area contributed by atoms with E-state index < -0.39 is 59.7 Å². The minimum Gasteiger partial charge on any atom is -0.508 e. The van der Waals surface area contributed by atoms with Gasteiger partial charge in [-0.2, -0.15) is 0 Å². The molecule has 0 spiro atoms. The number of carbonyl (C=O) groups is 10. The summed E-state index contributed by atoms with van der Waals surface area (Å²) in [6, 6.07) is 27.7. The van der Waals surface area contributed by atoms with E-state index in [9.17, 15) is 53.1 Å². The van der Waals surface area contributed by atoms with Crippen LogP contribution >= 0.6 is 61.1 Å². The zero-order valence-electron chi connectivity index (χ0n) is 50.4. The van der Waals surface area contributed by atoms with Crippen LogP contribution in [0.2, 0.25) is 0 Å². The van der Waals surface area contributed by atoms with Gasteiger partial charge < -0.3 is 28.8 Å². The van der Waals surface area contributed by atoms with Crippen molar-refractivity contribution in [3.8, 4) is 5.75 Å². The average Bonchev–Trinajstić information content (AvgIpc) is 1.87. The van der Waals surface area contributed by atoms with E-state index >= 15 is 0 Å². The van der Waals surface area contributed by atoms with E-state index in [-0.39, 0.29) is 44.0 Å². The first-order valence-corrected chi connectivity index (χ1v) is 30.2. The van der Waals surface area contributed by atoms with Gasteiger partial charge in [0.2, 0.25) is 0 Å². The molecule has 0 radical (unpaired) electrons. The summed E-state index contributed by atoms with van der Waals surface area (Å²) in [5.74, 6) is -5.76. The number of benzene rings is 7. The van der Waals surface area contributed by atoms with Crippen molar-refractivity contribution in [1.82, 2.24) is 0 Å². The van der Waals surface area contributed by atoms with Crippen molar-refractivity contribution in [2.75, 3.05) is 0 Å². The zero-order chi connectivity index (χ0) is 64.7. The Morgan fingerprint density at radius 1 is 0.322 bits per heavy atom. The number of phenols is 1. The molecule has 19 heteroatoms. The summed E-state index contributed by atoms with van der Waals surface area (Å²) in [6.45, 7) is 30.6. The maximum atomic E-state index is 11.7. The molecule has 7 aromatic carbocycles. The first-order chi connectivity index (χ1) is 40.0. The van der Waals surface area contributed by atoms with E-state index in [1.165, 1.54) is 17.7 Å². The number of phenolic OH excluding ortho intramolecular Hbond substituents is 1. The van der Waals surface area contributed by atoms with Gasteiger partial charge in [0.15, 0.2) is 0 Å². The number of hydrogen-bond donors (Lipinski definition) is 1. The van der Waals surface area contributed by atoms with Crippen LogP contribution in [0, 0.1) is 7.14 Å². The zero-order valence-corrected chi connectivity index (χ0v) is 56.3. The van der Waals surface area contributed by atoms with Gasteiger partial charge in [0.25, 0.3) is 0 Å². The predicted octanol–water partition coefficient (Wildman–Crippen LogP) is 15.5. The second kappa shape index (κ2) is 23.5. The Morgan fingerprint density at radius 2 is 0.678 bits per heavy atom. The Labute approximate surface area is 537 Å². The highest BCUT2D eigenvalue weighted by atomic mass is 127. The van der Waals surface area contributed by atoms with Crippen LogP contribution in [0.4, 0.5) is 0 Å². The fraction of sp³-hybridized carbons (Fsp3) is 0.294. The fourth-order valence-electron chi connectivity index (χ4n) is 9.80. The number of fused-ring (bicyclic) bond motifs is 7. The second-order valence-corrected chi connectivity index (χ2v) is 29.6. The molecular weight excluding hydrogens is 1410 g/mol. The molecule has 450 valence electrons. The Morgan fingerprint density at radius 3 is 1.14 bits per heavy atom. The summed E-state index contributed by atoms with van der Waals surface area (Å²) in [5, 5.41) is 13.6. The van der Waals surface area contributed by atoms with E-state index in [1.54, 1.807) is 30.3 Å². The van der Waals surface area contributed by atoms with Gasteiger partial charge in [-0.1, -0.05) is 122 Å². The molecular formula is C68H61BrI2O16. The molecule has 0 saturated carbocycles. The molecule has 0 fully saturated rings. The third-order valence-electron chi connectivity index (χ3n) is 14.6. The van der Waals surface area contributed by atoms with Gasteiger partial charge in [-0.15, -0.1) is 0 Å². The van der Waals surface area contributed by atoms with E-state index in [4.69, 9.17) is 0 Å². The van der Waals surface area contributed by atoms with Gasteiger partial charge in [-0.3, -0.25) is 0 Å². The van der Waals surface area contributed by atoms with Gasteiger partial charge in [0, 0.05) is 11.6 Å². The summed E-state index contributed by atoms with van der Waals surface area (Å²) >= 11 is 7.51. The van der Waals surface area contributed by atoms with Crippen molar-refractivity contribution in [3.05, 3.63) is 186 Å². The number of hydrogen-bond acceptors (Lipinski definition) is 16. The SMILES string of the molecule is CC(C)(C)c1cc(Br)c2c(c1)C(=O)OC2=O.CC(C)(C)c1cc(I)c2c(c1)C(=O)OC2=O.CC(C)(C)c1cc(I)cc2c1C(=O)OC2=O.CC(C)(C)c1cc(O)cc2c1C(=O)OC2=O.CC(C)(C)c1ccc2cc3cc4c(cc3cc2c1)C(=O)OC4=O. The number of rotatable bonds is 0. The smallest absolute Gasteiger partial charge is 0.348 e. The monoisotopic (exact) mass is 1470 g/mol. The topological polar surface area (TPSA) is 237 Å². The van der Waals surface area contributed by atoms with Crippen LogP contribution in [0.1, 0.15) is 235 Å². The van der Waals surface area contributed by atoms with Crippen molar-refractivity contribution >= 4 is 142 Å². The summed E-state index contributed by atoms with van der Waals surface area (Å²) in [5.41, 5.74) is 7.62. The lowest BCUT2D eigenvalue weighted by Crippen LogP contribution is -2.16. The first kappa shape index (κ1) is 65.5. The molecule has 0 unspecified atom stereocenters. The van der Waals surface area contributed by atoms with Crippen LogP contribution in [-0.4, -0.2) is 64.8 Å². The molecule has 7 aromatic rings. The van der Waals surface area contributed by atoms with Crippen molar-refractivity contribution in [2.24, 2.45) is 0 Å². The highest BCUT2D eigenvalue weighted by Crippen LogP contribution is 2.39. The maximum absolute atomic E-state index is 11.7. The average molecular weight is 1470 g/mol. The van der Waals surface area contributed by atoms with Gasteiger partial charge >= 0.3 is 59.7 Å². The lowest BCUT2D eigenvalue weighted by molar-refractivity contribution is 0.0425. The highest BCUT2D eigenvalue weighted by molar-refractivity contribution is 14.1.